The van der Waals surface area contributed by atoms with E-state index in [1.54, 1.807) is 18.3 Å². The van der Waals surface area contributed by atoms with E-state index in [0.717, 1.165) is 28.3 Å². The predicted octanol–water partition coefficient (Wildman–Crippen LogP) is 4.21. The molecule has 5 rings (SSSR count). The SMILES string of the molecule is Cc1cc(Nc2nccc(C(F)(F)F)n2)cc(-c2cnc(C3(O)CCC(NC(=O)Cn4cncn4)CC3)s2)c1. The Bertz CT molecular complexity index is 1450. The van der Waals surface area contributed by atoms with Gasteiger partial charge in [0.15, 0.2) is 0 Å². The minimum Gasteiger partial charge on any atom is -0.383 e. The molecular weight excluding hydrogens is 533 g/mol. The highest BCUT2D eigenvalue weighted by Crippen LogP contribution is 2.41. The van der Waals surface area contributed by atoms with Gasteiger partial charge in [-0.05, 0) is 61.9 Å². The minimum absolute atomic E-state index is 0.0517. The van der Waals surface area contributed by atoms with Crippen LogP contribution in [0.2, 0.25) is 0 Å². The van der Waals surface area contributed by atoms with Crippen LogP contribution in [0.25, 0.3) is 10.4 Å². The predicted molar refractivity (Wildman–Crippen MR) is 137 cm³/mol. The first-order valence-electron chi connectivity index (χ1n) is 12.2. The molecule has 10 nitrogen and oxygen atoms in total. The van der Waals surface area contributed by atoms with Gasteiger partial charge in [0.05, 0.1) is 4.88 Å². The van der Waals surface area contributed by atoms with Crippen LogP contribution in [0.4, 0.5) is 24.8 Å². The summed E-state index contributed by atoms with van der Waals surface area (Å²) in [5.74, 6) is -0.322. The summed E-state index contributed by atoms with van der Waals surface area (Å²) in [6.07, 6.45) is 3.11. The van der Waals surface area contributed by atoms with Crippen molar-refractivity contribution in [2.45, 2.75) is 57.0 Å². The number of benzene rings is 1. The summed E-state index contributed by atoms with van der Waals surface area (Å²) >= 11 is 1.36. The number of rotatable bonds is 7. The monoisotopic (exact) mass is 558 g/mol. The zero-order valence-electron chi connectivity index (χ0n) is 20.8. The van der Waals surface area contributed by atoms with Crippen molar-refractivity contribution in [1.29, 1.82) is 0 Å². The van der Waals surface area contributed by atoms with Crippen molar-refractivity contribution in [3.63, 3.8) is 0 Å². The summed E-state index contributed by atoms with van der Waals surface area (Å²) in [7, 11) is 0. The third-order valence-electron chi connectivity index (χ3n) is 6.42. The number of nitrogens with zero attached hydrogens (tertiary/aromatic N) is 6. The highest BCUT2D eigenvalue weighted by Gasteiger charge is 2.38. The molecule has 1 aliphatic rings. The summed E-state index contributed by atoms with van der Waals surface area (Å²) in [4.78, 5) is 28.9. The molecule has 4 aromatic rings. The van der Waals surface area contributed by atoms with Gasteiger partial charge in [0.25, 0.3) is 0 Å². The molecule has 39 heavy (non-hydrogen) atoms. The third-order valence-corrected chi connectivity index (χ3v) is 7.66. The summed E-state index contributed by atoms with van der Waals surface area (Å²) < 4.78 is 40.5. The number of carbonyl (C=O) groups excluding carboxylic acids is 1. The Labute approximate surface area is 225 Å². The van der Waals surface area contributed by atoms with E-state index in [1.807, 2.05) is 13.0 Å². The van der Waals surface area contributed by atoms with Crippen molar-refractivity contribution in [2.75, 3.05) is 5.32 Å². The number of aromatic nitrogens is 6. The number of hydrogen-bond acceptors (Lipinski definition) is 9. The van der Waals surface area contributed by atoms with Crippen LogP contribution in [0.15, 0.2) is 49.3 Å². The number of aryl methyl sites for hydroxylation is 1. The van der Waals surface area contributed by atoms with Crippen molar-refractivity contribution in [3.8, 4) is 10.4 Å². The van der Waals surface area contributed by atoms with Crippen molar-refractivity contribution in [3.05, 3.63) is 65.6 Å². The van der Waals surface area contributed by atoms with Crippen LogP contribution in [-0.4, -0.2) is 46.8 Å². The molecule has 0 aliphatic heterocycles. The number of carbonyl (C=O) groups is 1. The number of nitrogens with one attached hydrogen (secondary N) is 2. The van der Waals surface area contributed by atoms with Gasteiger partial charge in [0.1, 0.15) is 35.5 Å². The van der Waals surface area contributed by atoms with E-state index in [4.69, 9.17) is 0 Å². The van der Waals surface area contributed by atoms with Gasteiger partial charge in [-0.15, -0.1) is 11.3 Å². The lowest BCUT2D eigenvalue weighted by Gasteiger charge is -2.34. The second-order valence-electron chi connectivity index (χ2n) is 9.47. The van der Waals surface area contributed by atoms with E-state index < -0.39 is 17.5 Å². The third kappa shape index (κ3) is 6.40. The van der Waals surface area contributed by atoms with Crippen LogP contribution in [0.3, 0.4) is 0 Å². The van der Waals surface area contributed by atoms with Crippen molar-refractivity contribution in [1.82, 2.24) is 35.0 Å². The van der Waals surface area contributed by atoms with Gasteiger partial charge in [-0.1, -0.05) is 6.07 Å². The summed E-state index contributed by atoms with van der Waals surface area (Å²) in [6.45, 7) is 1.96. The van der Waals surface area contributed by atoms with Gasteiger partial charge in [0, 0.05) is 24.1 Å². The van der Waals surface area contributed by atoms with Crippen LogP contribution in [0.1, 0.15) is 41.9 Å². The van der Waals surface area contributed by atoms with E-state index in [2.05, 4.69) is 35.7 Å². The second-order valence-corrected chi connectivity index (χ2v) is 10.5. The normalized spacial score (nSPS) is 19.6. The second kappa shape index (κ2) is 10.7. The molecule has 204 valence electrons. The quantitative estimate of drug-likeness (QED) is 0.308. The molecule has 1 aromatic carbocycles. The molecule has 0 radical (unpaired) electrons. The highest BCUT2D eigenvalue weighted by atomic mass is 32.1. The molecule has 0 spiro atoms. The van der Waals surface area contributed by atoms with Gasteiger partial charge in [-0.2, -0.15) is 18.3 Å². The molecule has 3 N–H and O–H groups in total. The molecule has 0 unspecified atom stereocenters. The van der Waals surface area contributed by atoms with Crippen LogP contribution < -0.4 is 10.6 Å². The number of alkyl halides is 3. The topological polar surface area (TPSA) is 131 Å². The van der Waals surface area contributed by atoms with Gasteiger partial charge in [-0.25, -0.2) is 24.6 Å². The maximum atomic E-state index is 13.0. The van der Waals surface area contributed by atoms with Crippen LogP contribution in [0, 0.1) is 6.92 Å². The lowest BCUT2D eigenvalue weighted by Crippen LogP contribution is -2.43. The van der Waals surface area contributed by atoms with Gasteiger partial charge in [0.2, 0.25) is 11.9 Å². The number of thiazole rings is 1. The average Bonchev–Trinajstić information content (AvgIpc) is 3.58. The van der Waals surface area contributed by atoms with Gasteiger partial charge < -0.3 is 15.7 Å². The zero-order valence-corrected chi connectivity index (χ0v) is 21.6. The molecule has 3 heterocycles. The Hall–Kier alpha value is -3.91. The number of halogens is 3. The Morgan fingerprint density at radius 2 is 2.03 bits per heavy atom. The maximum Gasteiger partial charge on any atom is 0.433 e. The van der Waals surface area contributed by atoms with E-state index in [0.29, 0.717) is 36.4 Å². The highest BCUT2D eigenvalue weighted by molar-refractivity contribution is 7.15. The number of anilines is 2. The number of amides is 1. The Morgan fingerprint density at radius 3 is 2.74 bits per heavy atom. The van der Waals surface area contributed by atoms with Crippen LogP contribution in [-0.2, 0) is 23.1 Å². The molecule has 0 bridgehead atoms. The van der Waals surface area contributed by atoms with Gasteiger partial charge in [-0.3, -0.25) is 4.79 Å². The molecule has 3 aromatic heterocycles. The Balaban J connectivity index is 1.25. The smallest absolute Gasteiger partial charge is 0.383 e. The molecule has 1 saturated carbocycles. The first kappa shape index (κ1) is 26.7. The lowest BCUT2D eigenvalue weighted by atomic mass is 9.82. The zero-order chi connectivity index (χ0) is 27.6. The van der Waals surface area contributed by atoms with Crippen molar-refractivity contribution in [2.24, 2.45) is 0 Å². The first-order valence-corrected chi connectivity index (χ1v) is 13.0. The summed E-state index contributed by atoms with van der Waals surface area (Å²) in [5.41, 5.74) is 0.0637. The molecule has 14 heteroatoms. The standard InChI is InChI=1S/C25H25F3N8O2S/c1-15-8-16(10-18(9-15)34-23-30-7-4-20(35-23)25(26,27)28)19-11-31-22(39-19)24(38)5-2-17(3-6-24)33-21(37)12-36-14-29-13-32-36/h4,7-11,13-14,17,38H,2-3,5-6,12H2,1H3,(H,33,37)(H,30,34,35). The molecule has 0 saturated heterocycles. The lowest BCUT2D eigenvalue weighted by molar-refractivity contribution is -0.141. The minimum atomic E-state index is -4.57. The summed E-state index contributed by atoms with van der Waals surface area (Å²) in [6, 6.07) is 6.25. The fourth-order valence-corrected chi connectivity index (χ4v) is 5.56. The van der Waals surface area contributed by atoms with Crippen LogP contribution in [0.5, 0.6) is 0 Å². The van der Waals surface area contributed by atoms with Gasteiger partial charge >= 0.3 is 6.18 Å². The molecule has 1 amide bonds. The maximum absolute atomic E-state index is 13.0. The van der Waals surface area contributed by atoms with Crippen molar-refractivity contribution < 1.29 is 23.1 Å². The number of hydrogen-bond donors (Lipinski definition) is 3. The Kier molecular flexibility index (Phi) is 7.32. The van der Waals surface area contributed by atoms with Crippen LogP contribution >= 0.6 is 11.3 Å². The Morgan fingerprint density at radius 1 is 1.23 bits per heavy atom. The van der Waals surface area contributed by atoms with E-state index in [9.17, 15) is 23.1 Å². The number of aliphatic hydroxyl groups is 1. The summed E-state index contributed by atoms with van der Waals surface area (Å²) in [5, 5.41) is 21.7. The fraction of sp³-hybridized carbons (Fsp3) is 0.360. The molecular formula is C25H25F3N8O2S. The van der Waals surface area contributed by atoms with E-state index in [1.165, 1.54) is 28.7 Å². The average molecular weight is 559 g/mol. The molecule has 1 aliphatic carbocycles. The molecule has 0 atom stereocenters. The van der Waals surface area contributed by atoms with Crippen molar-refractivity contribution >= 4 is 28.9 Å². The van der Waals surface area contributed by atoms with E-state index in [-0.39, 0.29) is 24.4 Å². The van der Waals surface area contributed by atoms with E-state index >= 15 is 0 Å². The largest absolute Gasteiger partial charge is 0.433 e. The first-order chi connectivity index (χ1) is 18.6. The fourth-order valence-electron chi connectivity index (χ4n) is 4.51. The molecule has 1 fully saturated rings.